The molecule has 3 heterocycles. The predicted octanol–water partition coefficient (Wildman–Crippen LogP) is 5.80. The van der Waals surface area contributed by atoms with E-state index in [0.717, 1.165) is 47.1 Å². The van der Waals surface area contributed by atoms with E-state index in [1.165, 1.54) is 11.3 Å². The summed E-state index contributed by atoms with van der Waals surface area (Å²) in [5.74, 6) is -0.684. The average molecular weight is 673 g/mol. The van der Waals surface area contributed by atoms with Gasteiger partial charge in [0.1, 0.15) is 28.6 Å². The fourth-order valence-electron chi connectivity index (χ4n) is 6.58. The molecule has 48 heavy (non-hydrogen) atoms. The van der Waals surface area contributed by atoms with Crippen molar-refractivity contribution >= 4 is 23.2 Å². The van der Waals surface area contributed by atoms with Gasteiger partial charge in [0.2, 0.25) is 5.88 Å². The van der Waals surface area contributed by atoms with E-state index in [1.807, 2.05) is 31.2 Å². The van der Waals surface area contributed by atoms with Gasteiger partial charge in [0.05, 0.1) is 11.2 Å². The number of piperazine rings is 1. The molecule has 1 saturated heterocycles. The Labute approximate surface area is 283 Å². The van der Waals surface area contributed by atoms with E-state index in [2.05, 4.69) is 44.7 Å². The number of aromatic nitrogens is 2. The fraction of sp³-hybridized carbons (Fsp3) is 0.389. The van der Waals surface area contributed by atoms with Gasteiger partial charge in [-0.1, -0.05) is 24.3 Å². The lowest BCUT2D eigenvalue weighted by molar-refractivity contribution is 0.0888. The number of nitrogens with one attached hydrogen (secondary N) is 3. The Morgan fingerprint density at radius 2 is 1.69 bits per heavy atom. The van der Waals surface area contributed by atoms with Gasteiger partial charge >= 0.3 is 0 Å². The number of hydrogen-bond donors (Lipinski definition) is 4. The molecule has 0 bridgehead atoms. The predicted molar refractivity (Wildman–Crippen MR) is 183 cm³/mol. The lowest BCUT2D eigenvalue weighted by Gasteiger charge is -2.36. The molecule has 0 radical (unpaired) electrons. The summed E-state index contributed by atoms with van der Waals surface area (Å²) in [6.07, 6.45) is 3.73. The van der Waals surface area contributed by atoms with Gasteiger partial charge in [0.25, 0.3) is 11.8 Å². The number of thiazole rings is 1. The van der Waals surface area contributed by atoms with Crippen LogP contribution in [0.15, 0.2) is 60.1 Å². The van der Waals surface area contributed by atoms with Crippen molar-refractivity contribution in [2.45, 2.75) is 77.2 Å². The summed E-state index contributed by atoms with van der Waals surface area (Å²) in [6.45, 7) is 8.68. The van der Waals surface area contributed by atoms with Crippen molar-refractivity contribution in [2.24, 2.45) is 0 Å². The van der Waals surface area contributed by atoms with Crippen LogP contribution in [-0.4, -0.2) is 69.0 Å². The maximum Gasteiger partial charge on any atom is 0.270 e. The Morgan fingerprint density at radius 1 is 1.00 bits per heavy atom. The Kier molecular flexibility index (Phi) is 10.3. The molecule has 2 aromatic heterocycles. The summed E-state index contributed by atoms with van der Waals surface area (Å²) in [5, 5.41) is 23.0. The van der Waals surface area contributed by atoms with E-state index in [9.17, 15) is 19.1 Å². The van der Waals surface area contributed by atoms with Gasteiger partial charge in [0, 0.05) is 54.7 Å². The second-order valence-electron chi connectivity index (χ2n) is 12.9. The number of ether oxygens (including phenoxy) is 1. The van der Waals surface area contributed by atoms with Gasteiger partial charge < -0.3 is 25.8 Å². The van der Waals surface area contributed by atoms with E-state index in [4.69, 9.17) is 4.74 Å². The minimum absolute atomic E-state index is 0.00622. The number of pyridine rings is 1. The highest BCUT2D eigenvalue weighted by molar-refractivity contribution is 7.09. The number of halogens is 1. The molecule has 1 saturated carbocycles. The third-order valence-corrected chi connectivity index (χ3v) is 9.58. The number of amides is 2. The quantitative estimate of drug-likeness (QED) is 0.176. The Hall–Kier alpha value is -4.39. The molecule has 2 amide bonds. The van der Waals surface area contributed by atoms with Crippen molar-refractivity contribution in [3.8, 4) is 28.5 Å². The molecule has 10 nitrogen and oxygen atoms in total. The Morgan fingerprint density at radius 3 is 2.35 bits per heavy atom. The van der Waals surface area contributed by atoms with Gasteiger partial charge in [-0.15, -0.1) is 11.3 Å². The third kappa shape index (κ3) is 8.36. The monoisotopic (exact) mass is 672 g/mol. The number of aryl methyl sites for hydroxylation is 1. The Balaban J connectivity index is 1.08. The number of phenols is 1. The maximum atomic E-state index is 14.3. The molecule has 2 atom stereocenters. The number of nitrogens with zero attached hydrogens (tertiary/aromatic N) is 3. The van der Waals surface area contributed by atoms with Crippen molar-refractivity contribution in [1.82, 2.24) is 30.8 Å². The number of aromatic hydroxyl groups is 1. The number of hydrogen-bond acceptors (Lipinski definition) is 9. The van der Waals surface area contributed by atoms with Crippen LogP contribution in [0.3, 0.4) is 0 Å². The van der Waals surface area contributed by atoms with Crippen molar-refractivity contribution in [3.63, 3.8) is 0 Å². The lowest BCUT2D eigenvalue weighted by Crippen LogP contribution is -2.53. The summed E-state index contributed by atoms with van der Waals surface area (Å²) in [5.41, 5.74) is 2.89. The topological polar surface area (TPSA) is 129 Å². The van der Waals surface area contributed by atoms with Crippen LogP contribution in [0, 0.1) is 12.7 Å². The molecule has 2 aliphatic rings. The third-order valence-electron chi connectivity index (χ3n) is 8.81. The van der Waals surface area contributed by atoms with E-state index >= 15 is 0 Å². The molecule has 2 aromatic carbocycles. The van der Waals surface area contributed by atoms with E-state index < -0.39 is 11.7 Å². The van der Waals surface area contributed by atoms with Gasteiger partial charge in [-0.05, 0) is 81.8 Å². The summed E-state index contributed by atoms with van der Waals surface area (Å²) in [4.78, 5) is 36.5. The van der Waals surface area contributed by atoms with E-state index in [-0.39, 0.29) is 35.2 Å². The zero-order valence-electron chi connectivity index (χ0n) is 27.3. The molecule has 2 fully saturated rings. The van der Waals surface area contributed by atoms with Crippen LogP contribution in [0.2, 0.25) is 0 Å². The van der Waals surface area contributed by atoms with Crippen LogP contribution in [0.4, 0.5) is 4.39 Å². The number of benzene rings is 2. The zero-order chi connectivity index (χ0) is 33.8. The molecule has 252 valence electrons. The maximum absolute atomic E-state index is 14.3. The standard InChI is InChI=1S/C36H41FN6O4S/c1-21-17-43(18-22(2)39-21)19-26-8-7-25(14-33(26)44)24-5-4-6-30(13-24)47-36-31(15-27(37)16-38-36)34(45)41-28-9-11-29(12-10-28)42-35(46)32-20-48-23(3)40-32/h4-8,13-16,20-22,28-29,39,44H,9-12,17-19H2,1-3H3,(H,41,45)(H,42,46)/t21-,22+,28?,29?. The molecular formula is C36H41FN6O4S. The van der Waals surface area contributed by atoms with Crippen LogP contribution in [0.25, 0.3) is 11.1 Å². The lowest BCUT2D eigenvalue weighted by atomic mass is 9.91. The van der Waals surface area contributed by atoms with Crippen molar-refractivity contribution in [3.05, 3.63) is 87.8 Å². The first-order valence-electron chi connectivity index (χ1n) is 16.4. The molecule has 12 heteroatoms. The normalized spacial score (nSPS) is 21.4. The second kappa shape index (κ2) is 14.8. The first-order valence-corrected chi connectivity index (χ1v) is 17.3. The molecule has 0 spiro atoms. The van der Waals surface area contributed by atoms with Gasteiger partial charge in [0.15, 0.2) is 0 Å². The Bertz CT molecular complexity index is 1760. The molecule has 6 rings (SSSR count). The summed E-state index contributed by atoms with van der Waals surface area (Å²) >= 11 is 1.43. The van der Waals surface area contributed by atoms with Gasteiger partial charge in [-0.25, -0.2) is 14.4 Å². The highest BCUT2D eigenvalue weighted by Crippen LogP contribution is 2.32. The van der Waals surface area contributed by atoms with Crippen LogP contribution in [0.5, 0.6) is 17.4 Å². The molecule has 1 aliphatic carbocycles. The molecule has 4 aromatic rings. The molecule has 1 aliphatic heterocycles. The molecule has 0 unspecified atom stereocenters. The first kappa shape index (κ1) is 33.5. The van der Waals surface area contributed by atoms with Crippen molar-refractivity contribution in [2.75, 3.05) is 13.1 Å². The summed E-state index contributed by atoms with van der Waals surface area (Å²) < 4.78 is 20.4. The van der Waals surface area contributed by atoms with Gasteiger partial charge in [-0.3, -0.25) is 14.5 Å². The van der Waals surface area contributed by atoms with Crippen molar-refractivity contribution < 1.29 is 23.8 Å². The van der Waals surface area contributed by atoms with E-state index in [1.54, 1.807) is 23.6 Å². The van der Waals surface area contributed by atoms with Crippen LogP contribution in [-0.2, 0) is 6.54 Å². The summed E-state index contributed by atoms with van der Waals surface area (Å²) in [6, 6.07) is 14.7. The smallest absolute Gasteiger partial charge is 0.270 e. The fourth-order valence-corrected chi connectivity index (χ4v) is 7.17. The minimum atomic E-state index is -0.648. The largest absolute Gasteiger partial charge is 0.508 e. The number of rotatable bonds is 9. The zero-order valence-corrected chi connectivity index (χ0v) is 28.1. The highest BCUT2D eigenvalue weighted by atomic mass is 32.1. The van der Waals surface area contributed by atoms with Crippen LogP contribution >= 0.6 is 11.3 Å². The SMILES string of the molecule is Cc1nc(C(=O)NC2CCC(NC(=O)c3cc(F)cnc3Oc3cccc(-c4ccc(CN5C[C@@H](C)N[C@@H](C)C5)c(O)c4)c3)CC2)cs1. The number of phenolic OH excluding ortho intramolecular Hbond substituents is 1. The van der Waals surface area contributed by atoms with Crippen LogP contribution in [0.1, 0.15) is 70.9 Å². The second-order valence-corrected chi connectivity index (χ2v) is 14.0. The van der Waals surface area contributed by atoms with E-state index in [0.29, 0.717) is 55.8 Å². The minimum Gasteiger partial charge on any atom is -0.508 e. The van der Waals surface area contributed by atoms with Gasteiger partial charge in [-0.2, -0.15) is 0 Å². The first-order chi connectivity index (χ1) is 23.1. The highest BCUT2D eigenvalue weighted by Gasteiger charge is 2.27. The van der Waals surface area contributed by atoms with Crippen LogP contribution < -0.4 is 20.7 Å². The summed E-state index contributed by atoms with van der Waals surface area (Å²) in [7, 11) is 0. The number of carbonyl (C=O) groups excluding carboxylic acids is 2. The van der Waals surface area contributed by atoms with Crippen molar-refractivity contribution in [1.29, 1.82) is 0 Å². The molecule has 4 N–H and O–H groups in total. The average Bonchev–Trinajstić information content (AvgIpc) is 3.50. The molecular weight excluding hydrogens is 631 g/mol. The number of carbonyl (C=O) groups is 2.